The molecule has 0 aromatic heterocycles. The normalized spacial score (nSPS) is 18.5. The van der Waals surface area contributed by atoms with E-state index in [0.717, 1.165) is 36.9 Å². The Kier molecular flexibility index (Phi) is 6.41. The van der Waals surface area contributed by atoms with Crippen molar-refractivity contribution in [2.75, 3.05) is 26.2 Å². The van der Waals surface area contributed by atoms with Crippen molar-refractivity contribution in [3.63, 3.8) is 0 Å². The fourth-order valence-corrected chi connectivity index (χ4v) is 3.53. The van der Waals surface area contributed by atoms with E-state index in [1.165, 1.54) is 5.56 Å². The van der Waals surface area contributed by atoms with E-state index in [9.17, 15) is 4.79 Å². The first-order chi connectivity index (χ1) is 10.5. The Morgan fingerprint density at radius 1 is 1.36 bits per heavy atom. The lowest BCUT2D eigenvalue weighted by molar-refractivity contribution is -0.139. The maximum atomic E-state index is 10.9. The van der Waals surface area contributed by atoms with Gasteiger partial charge < -0.3 is 5.11 Å². The molecule has 1 aliphatic heterocycles. The van der Waals surface area contributed by atoms with Crippen molar-refractivity contribution < 1.29 is 9.90 Å². The highest BCUT2D eigenvalue weighted by Gasteiger charge is 2.27. The third-order valence-electron chi connectivity index (χ3n) is 4.66. The summed E-state index contributed by atoms with van der Waals surface area (Å²) in [6.45, 7) is 7.30. The molecular weight excluding hydrogens is 344 g/mol. The van der Waals surface area contributed by atoms with Crippen LogP contribution in [0.2, 0.25) is 0 Å². The molecule has 1 atom stereocenters. The van der Waals surface area contributed by atoms with Gasteiger partial charge in [0.25, 0.3) is 0 Å². The largest absolute Gasteiger partial charge is 0.480 e. The molecule has 122 valence electrons. The molecule has 22 heavy (non-hydrogen) atoms. The quantitative estimate of drug-likeness (QED) is 0.835. The van der Waals surface area contributed by atoms with Crippen molar-refractivity contribution in [2.45, 2.75) is 38.8 Å². The average molecular weight is 369 g/mol. The second-order valence-corrected chi connectivity index (χ2v) is 6.87. The molecule has 2 rings (SSSR count). The van der Waals surface area contributed by atoms with Crippen LogP contribution < -0.4 is 0 Å². The Morgan fingerprint density at radius 2 is 1.95 bits per heavy atom. The fraction of sp³-hybridized carbons (Fsp3) is 0.588. The summed E-state index contributed by atoms with van der Waals surface area (Å²) in [4.78, 5) is 15.5. The summed E-state index contributed by atoms with van der Waals surface area (Å²) in [6, 6.07) is 9.32. The molecule has 1 aliphatic rings. The molecule has 1 unspecified atom stereocenters. The number of hydrogen-bond acceptors (Lipinski definition) is 3. The first-order valence-corrected chi connectivity index (χ1v) is 8.76. The lowest BCUT2D eigenvalue weighted by Crippen LogP contribution is -2.47. The summed E-state index contributed by atoms with van der Waals surface area (Å²) in [5.74, 6) is -0.729. The molecule has 1 aromatic carbocycles. The number of aliphatic carboxylic acids is 1. The summed E-state index contributed by atoms with van der Waals surface area (Å²) in [7, 11) is 0. The Hall–Kier alpha value is -0.910. The van der Waals surface area contributed by atoms with E-state index in [-0.39, 0.29) is 6.54 Å². The predicted molar refractivity (Wildman–Crippen MR) is 92.0 cm³/mol. The van der Waals surface area contributed by atoms with Gasteiger partial charge in [-0.25, -0.2) is 0 Å². The average Bonchev–Trinajstić information content (AvgIpc) is 2.52. The SMILES string of the molecule is CCN(CC(=O)O)C1CCN(C(C)c2ccc(Br)cc2)CC1. The van der Waals surface area contributed by atoms with Crippen LogP contribution in [0, 0.1) is 0 Å². The van der Waals surface area contributed by atoms with Crippen LogP contribution in [0.5, 0.6) is 0 Å². The Balaban J connectivity index is 1.90. The molecular formula is C17H25BrN2O2. The van der Waals surface area contributed by atoms with Gasteiger partial charge in [-0.2, -0.15) is 0 Å². The van der Waals surface area contributed by atoms with Crippen LogP contribution in [-0.2, 0) is 4.79 Å². The number of carbonyl (C=O) groups is 1. The first-order valence-electron chi connectivity index (χ1n) is 7.96. The van der Waals surface area contributed by atoms with Crippen molar-refractivity contribution in [3.05, 3.63) is 34.3 Å². The van der Waals surface area contributed by atoms with Crippen LogP contribution in [0.4, 0.5) is 0 Å². The van der Waals surface area contributed by atoms with Crippen LogP contribution in [0.3, 0.4) is 0 Å². The van der Waals surface area contributed by atoms with Gasteiger partial charge in [0.15, 0.2) is 0 Å². The zero-order valence-corrected chi connectivity index (χ0v) is 14.9. The zero-order valence-electron chi connectivity index (χ0n) is 13.3. The van der Waals surface area contributed by atoms with Gasteiger partial charge in [0, 0.05) is 29.6 Å². The van der Waals surface area contributed by atoms with Crippen molar-refractivity contribution >= 4 is 21.9 Å². The number of likely N-dealkylation sites (tertiary alicyclic amines) is 1. The maximum Gasteiger partial charge on any atom is 0.317 e. The van der Waals surface area contributed by atoms with E-state index in [1.54, 1.807) is 0 Å². The summed E-state index contributed by atoms with van der Waals surface area (Å²) >= 11 is 3.47. The van der Waals surface area contributed by atoms with Crippen LogP contribution in [0.15, 0.2) is 28.7 Å². The van der Waals surface area contributed by atoms with Crippen molar-refractivity contribution in [1.82, 2.24) is 9.80 Å². The molecule has 1 saturated heterocycles. The molecule has 0 aliphatic carbocycles. The Labute approximate surface area is 141 Å². The van der Waals surface area contributed by atoms with Gasteiger partial charge in [0.2, 0.25) is 0 Å². The number of piperidine rings is 1. The Bertz CT molecular complexity index is 484. The molecule has 0 bridgehead atoms. The van der Waals surface area contributed by atoms with Gasteiger partial charge in [0.05, 0.1) is 6.54 Å². The minimum atomic E-state index is -0.729. The van der Waals surface area contributed by atoms with Gasteiger partial charge in [-0.15, -0.1) is 0 Å². The highest BCUT2D eigenvalue weighted by molar-refractivity contribution is 9.10. The third-order valence-corrected chi connectivity index (χ3v) is 5.19. The van der Waals surface area contributed by atoms with Crippen LogP contribution in [-0.4, -0.2) is 53.1 Å². The van der Waals surface area contributed by atoms with Crippen molar-refractivity contribution in [2.24, 2.45) is 0 Å². The highest BCUT2D eigenvalue weighted by atomic mass is 79.9. The number of halogens is 1. The lowest BCUT2D eigenvalue weighted by Gasteiger charge is -2.40. The van der Waals surface area contributed by atoms with Crippen LogP contribution in [0.1, 0.15) is 38.3 Å². The van der Waals surface area contributed by atoms with Gasteiger partial charge in [-0.3, -0.25) is 14.6 Å². The summed E-state index contributed by atoms with van der Waals surface area (Å²) < 4.78 is 1.11. The predicted octanol–water partition coefficient (Wildman–Crippen LogP) is 3.38. The van der Waals surface area contributed by atoms with Crippen molar-refractivity contribution in [1.29, 1.82) is 0 Å². The summed E-state index contributed by atoms with van der Waals surface area (Å²) in [5.41, 5.74) is 1.33. The number of benzene rings is 1. The first kappa shape index (κ1) is 17.4. The number of carboxylic acid groups (broad SMARTS) is 1. The molecule has 0 spiro atoms. The maximum absolute atomic E-state index is 10.9. The van der Waals surface area contributed by atoms with Gasteiger partial charge in [0.1, 0.15) is 0 Å². The standard InChI is InChI=1S/C17H25BrN2O2/c1-3-19(12-17(21)22)16-8-10-20(11-9-16)13(2)14-4-6-15(18)7-5-14/h4-7,13,16H,3,8-12H2,1-2H3,(H,21,22). The number of nitrogens with zero attached hydrogens (tertiary/aromatic N) is 2. The number of hydrogen-bond donors (Lipinski definition) is 1. The number of rotatable bonds is 6. The Morgan fingerprint density at radius 3 is 2.45 bits per heavy atom. The van der Waals surface area contributed by atoms with E-state index < -0.39 is 5.97 Å². The van der Waals surface area contributed by atoms with Crippen molar-refractivity contribution in [3.8, 4) is 0 Å². The van der Waals surface area contributed by atoms with E-state index in [1.807, 2.05) is 6.92 Å². The van der Waals surface area contributed by atoms with Crippen LogP contribution >= 0.6 is 15.9 Å². The third kappa shape index (κ3) is 4.54. The van der Waals surface area contributed by atoms with E-state index >= 15 is 0 Å². The molecule has 0 radical (unpaired) electrons. The number of carboxylic acids is 1. The van der Waals surface area contributed by atoms with E-state index in [2.05, 4.69) is 56.9 Å². The lowest BCUT2D eigenvalue weighted by atomic mass is 9.99. The molecule has 4 nitrogen and oxygen atoms in total. The summed E-state index contributed by atoms with van der Waals surface area (Å²) in [6.07, 6.45) is 2.09. The van der Waals surface area contributed by atoms with Gasteiger partial charge >= 0.3 is 5.97 Å². The second kappa shape index (κ2) is 8.09. The summed E-state index contributed by atoms with van der Waals surface area (Å²) in [5, 5.41) is 9.00. The smallest absolute Gasteiger partial charge is 0.317 e. The number of likely N-dealkylation sites (N-methyl/N-ethyl adjacent to an activating group) is 1. The topological polar surface area (TPSA) is 43.8 Å². The fourth-order valence-electron chi connectivity index (χ4n) is 3.26. The zero-order chi connectivity index (χ0) is 16.1. The van der Waals surface area contributed by atoms with Crippen LogP contribution in [0.25, 0.3) is 0 Å². The molecule has 1 aromatic rings. The molecule has 1 fully saturated rings. The second-order valence-electron chi connectivity index (χ2n) is 5.95. The van der Waals surface area contributed by atoms with Gasteiger partial charge in [-0.05, 0) is 44.0 Å². The molecule has 1 heterocycles. The minimum absolute atomic E-state index is 0.156. The van der Waals surface area contributed by atoms with Gasteiger partial charge in [-0.1, -0.05) is 35.0 Å². The molecule has 5 heteroatoms. The molecule has 0 amide bonds. The van der Waals surface area contributed by atoms with E-state index in [0.29, 0.717) is 12.1 Å². The monoisotopic (exact) mass is 368 g/mol. The highest BCUT2D eigenvalue weighted by Crippen LogP contribution is 2.26. The molecule has 0 saturated carbocycles. The minimum Gasteiger partial charge on any atom is -0.480 e. The van der Waals surface area contributed by atoms with E-state index in [4.69, 9.17) is 5.11 Å². The molecule has 1 N–H and O–H groups in total.